The predicted molar refractivity (Wildman–Crippen MR) is 85.1 cm³/mol. The molecule has 120 valence electrons. The minimum atomic E-state index is 0.168. The van der Waals surface area contributed by atoms with E-state index in [0.29, 0.717) is 31.2 Å². The third-order valence-electron chi connectivity index (χ3n) is 5.08. The van der Waals surface area contributed by atoms with Gasteiger partial charge in [-0.2, -0.15) is 0 Å². The third kappa shape index (κ3) is 3.54. The van der Waals surface area contributed by atoms with Crippen LogP contribution >= 0.6 is 0 Å². The molecule has 4 nitrogen and oxygen atoms in total. The van der Waals surface area contributed by atoms with Gasteiger partial charge in [-0.05, 0) is 49.1 Å². The highest BCUT2D eigenvalue weighted by atomic mass is 16.5. The Bertz CT molecular complexity index is 517. The molecule has 1 aromatic carbocycles. The van der Waals surface area contributed by atoms with Crippen molar-refractivity contribution in [2.45, 2.75) is 32.1 Å². The van der Waals surface area contributed by atoms with E-state index in [0.717, 1.165) is 17.6 Å². The first-order valence-corrected chi connectivity index (χ1v) is 8.28. The summed E-state index contributed by atoms with van der Waals surface area (Å²) in [4.78, 5) is 12.0. The van der Waals surface area contributed by atoms with Gasteiger partial charge in [0, 0.05) is 6.42 Å². The van der Waals surface area contributed by atoms with Crippen molar-refractivity contribution in [3.05, 3.63) is 24.3 Å². The van der Waals surface area contributed by atoms with Crippen molar-refractivity contribution in [3.8, 4) is 11.5 Å². The topological polar surface area (TPSA) is 47.6 Å². The van der Waals surface area contributed by atoms with Crippen LogP contribution in [0, 0.1) is 17.8 Å². The molecule has 2 aliphatic rings. The van der Waals surface area contributed by atoms with E-state index in [1.165, 1.54) is 25.7 Å². The molecule has 2 saturated carbocycles. The van der Waals surface area contributed by atoms with Crippen LogP contribution in [-0.4, -0.2) is 26.2 Å². The lowest BCUT2D eigenvalue weighted by atomic mass is 9.86. The summed E-state index contributed by atoms with van der Waals surface area (Å²) >= 11 is 0. The number of rotatable bonds is 7. The zero-order valence-corrected chi connectivity index (χ0v) is 13.2. The van der Waals surface area contributed by atoms with E-state index in [2.05, 4.69) is 5.32 Å². The summed E-state index contributed by atoms with van der Waals surface area (Å²) in [5.74, 6) is 3.93. The molecule has 0 aliphatic heterocycles. The molecule has 1 N–H and O–H groups in total. The fourth-order valence-electron chi connectivity index (χ4n) is 4.03. The number of hydrogen-bond acceptors (Lipinski definition) is 3. The minimum Gasteiger partial charge on any atom is -0.493 e. The summed E-state index contributed by atoms with van der Waals surface area (Å²) in [5, 5.41) is 2.97. The molecule has 0 saturated heterocycles. The summed E-state index contributed by atoms with van der Waals surface area (Å²) in [6.07, 6.45) is 6.02. The number of nitrogens with one attached hydrogen (secondary N) is 1. The van der Waals surface area contributed by atoms with Crippen molar-refractivity contribution in [2.75, 3.05) is 20.3 Å². The highest BCUT2D eigenvalue weighted by Crippen LogP contribution is 2.49. The molecular weight excluding hydrogens is 278 g/mol. The summed E-state index contributed by atoms with van der Waals surface area (Å²) in [5.41, 5.74) is 0. The SMILES string of the molecule is COc1ccccc1OCCNC(=O)CC1CC2CCC1C2. The van der Waals surface area contributed by atoms with Gasteiger partial charge in [0.1, 0.15) is 6.61 Å². The molecule has 0 heterocycles. The van der Waals surface area contributed by atoms with E-state index in [-0.39, 0.29) is 5.91 Å². The molecule has 2 bridgehead atoms. The number of benzene rings is 1. The Morgan fingerprint density at radius 2 is 2.05 bits per heavy atom. The fourth-order valence-corrected chi connectivity index (χ4v) is 4.03. The summed E-state index contributed by atoms with van der Waals surface area (Å²) in [6, 6.07) is 7.55. The smallest absolute Gasteiger partial charge is 0.220 e. The second-order valence-corrected chi connectivity index (χ2v) is 6.49. The number of amides is 1. The van der Waals surface area contributed by atoms with Crippen LogP contribution in [0.2, 0.25) is 0 Å². The number of ether oxygens (including phenoxy) is 2. The van der Waals surface area contributed by atoms with Gasteiger partial charge in [0.2, 0.25) is 5.91 Å². The number of carbonyl (C=O) groups is 1. The highest BCUT2D eigenvalue weighted by Gasteiger charge is 2.39. The van der Waals surface area contributed by atoms with E-state index < -0.39 is 0 Å². The van der Waals surface area contributed by atoms with E-state index in [4.69, 9.17) is 9.47 Å². The quantitative estimate of drug-likeness (QED) is 0.788. The van der Waals surface area contributed by atoms with Gasteiger partial charge in [-0.15, -0.1) is 0 Å². The van der Waals surface area contributed by atoms with E-state index in [9.17, 15) is 4.79 Å². The molecule has 3 atom stereocenters. The first-order chi connectivity index (χ1) is 10.8. The molecule has 2 fully saturated rings. The van der Waals surface area contributed by atoms with E-state index in [1.807, 2.05) is 24.3 Å². The molecule has 0 aromatic heterocycles. The van der Waals surface area contributed by atoms with Gasteiger partial charge >= 0.3 is 0 Å². The van der Waals surface area contributed by atoms with Crippen molar-refractivity contribution >= 4 is 5.91 Å². The molecule has 4 heteroatoms. The van der Waals surface area contributed by atoms with Crippen LogP contribution in [0.15, 0.2) is 24.3 Å². The fraction of sp³-hybridized carbons (Fsp3) is 0.611. The number of methoxy groups -OCH3 is 1. The van der Waals surface area contributed by atoms with Crippen molar-refractivity contribution in [1.29, 1.82) is 0 Å². The number of carbonyl (C=O) groups excluding carboxylic acids is 1. The van der Waals surface area contributed by atoms with Gasteiger partial charge in [-0.1, -0.05) is 18.6 Å². The molecule has 0 radical (unpaired) electrons. The standard InChI is InChI=1S/C18H25NO3/c1-21-16-4-2-3-5-17(16)22-9-8-19-18(20)12-15-11-13-6-7-14(15)10-13/h2-5,13-15H,6-12H2,1H3,(H,19,20). The number of para-hydroxylation sites is 2. The van der Waals surface area contributed by atoms with Crippen LogP contribution in [0.25, 0.3) is 0 Å². The first-order valence-electron chi connectivity index (χ1n) is 8.28. The summed E-state index contributed by atoms with van der Waals surface area (Å²) in [7, 11) is 1.62. The third-order valence-corrected chi connectivity index (χ3v) is 5.08. The first kappa shape index (κ1) is 15.2. The second-order valence-electron chi connectivity index (χ2n) is 6.49. The molecule has 0 spiro atoms. The Balaban J connectivity index is 1.35. The van der Waals surface area contributed by atoms with E-state index in [1.54, 1.807) is 7.11 Å². The Morgan fingerprint density at radius 1 is 1.23 bits per heavy atom. The van der Waals surface area contributed by atoms with Gasteiger partial charge < -0.3 is 14.8 Å². The maximum absolute atomic E-state index is 12.0. The molecule has 1 amide bonds. The Morgan fingerprint density at radius 3 is 2.73 bits per heavy atom. The van der Waals surface area contributed by atoms with Crippen molar-refractivity contribution in [2.24, 2.45) is 17.8 Å². The molecule has 3 unspecified atom stereocenters. The zero-order valence-electron chi connectivity index (χ0n) is 13.2. The Kier molecular flexibility index (Phi) is 4.86. The van der Waals surface area contributed by atoms with E-state index >= 15 is 0 Å². The summed E-state index contributed by atoms with van der Waals surface area (Å²) < 4.78 is 10.9. The monoisotopic (exact) mass is 303 g/mol. The van der Waals surface area contributed by atoms with Gasteiger partial charge in [0.15, 0.2) is 11.5 Å². The predicted octanol–water partition coefficient (Wildman–Crippen LogP) is 3.02. The lowest BCUT2D eigenvalue weighted by Gasteiger charge is -2.20. The number of fused-ring (bicyclic) bond motifs is 2. The molecule has 22 heavy (non-hydrogen) atoms. The highest BCUT2D eigenvalue weighted by molar-refractivity contribution is 5.76. The average molecular weight is 303 g/mol. The van der Waals surface area contributed by atoms with Gasteiger partial charge in [-0.25, -0.2) is 0 Å². The van der Waals surface area contributed by atoms with Gasteiger partial charge in [0.25, 0.3) is 0 Å². The van der Waals surface area contributed by atoms with Crippen molar-refractivity contribution in [3.63, 3.8) is 0 Å². The summed E-state index contributed by atoms with van der Waals surface area (Å²) in [6.45, 7) is 1.00. The number of hydrogen-bond donors (Lipinski definition) is 1. The maximum Gasteiger partial charge on any atom is 0.220 e. The largest absolute Gasteiger partial charge is 0.493 e. The van der Waals surface area contributed by atoms with Crippen molar-refractivity contribution in [1.82, 2.24) is 5.32 Å². The Hall–Kier alpha value is -1.71. The van der Waals surface area contributed by atoms with Crippen LogP contribution < -0.4 is 14.8 Å². The normalized spacial score (nSPS) is 26.0. The second kappa shape index (κ2) is 7.03. The van der Waals surface area contributed by atoms with Crippen LogP contribution in [0.4, 0.5) is 0 Å². The van der Waals surface area contributed by atoms with Crippen molar-refractivity contribution < 1.29 is 14.3 Å². The molecule has 1 aromatic rings. The Labute approximate surface area is 132 Å². The maximum atomic E-state index is 12.0. The van der Waals surface area contributed by atoms with Gasteiger partial charge in [-0.3, -0.25) is 4.79 Å². The molecule has 2 aliphatic carbocycles. The van der Waals surface area contributed by atoms with Gasteiger partial charge in [0.05, 0.1) is 13.7 Å². The van der Waals surface area contributed by atoms with Crippen LogP contribution in [0.3, 0.4) is 0 Å². The molecule has 3 rings (SSSR count). The lowest BCUT2D eigenvalue weighted by Crippen LogP contribution is -2.30. The van der Waals surface area contributed by atoms with Crippen LogP contribution in [-0.2, 0) is 4.79 Å². The zero-order chi connectivity index (χ0) is 15.4. The average Bonchev–Trinajstić information content (AvgIpc) is 3.14. The lowest BCUT2D eigenvalue weighted by molar-refractivity contribution is -0.122. The van der Waals surface area contributed by atoms with Crippen LogP contribution in [0.5, 0.6) is 11.5 Å². The molecular formula is C18H25NO3. The van der Waals surface area contributed by atoms with Crippen LogP contribution in [0.1, 0.15) is 32.1 Å². The minimum absolute atomic E-state index is 0.168.